The van der Waals surface area contributed by atoms with E-state index in [1.807, 2.05) is 0 Å². The number of hydrogen-bond donors (Lipinski definition) is 7. The highest BCUT2D eigenvalue weighted by Gasteiger charge is 2.74. The van der Waals surface area contributed by atoms with Gasteiger partial charge in [-0.2, -0.15) is 0 Å². The molecule has 0 radical (unpaired) electrons. The smallest absolute Gasteiger partial charge is 0.303 e. The predicted molar refractivity (Wildman–Crippen MR) is 222 cm³/mol. The van der Waals surface area contributed by atoms with E-state index in [1.54, 1.807) is 0 Å². The number of esters is 1. The fraction of sp³-hybridized carbons (Fsp3) is 0.979. The molecule has 5 saturated heterocycles. The van der Waals surface area contributed by atoms with Crippen LogP contribution >= 0.6 is 0 Å². The Bertz CT molecular complexity index is 1680. The van der Waals surface area contributed by atoms with E-state index in [0.29, 0.717) is 36.5 Å². The molecule has 7 N–H and O–H groups in total. The number of carbonyl (C=O) groups is 1. The minimum absolute atomic E-state index is 0.0453. The summed E-state index contributed by atoms with van der Waals surface area (Å²) in [5.74, 6) is 1.06. The largest absolute Gasteiger partial charge is 0.457 e. The summed E-state index contributed by atoms with van der Waals surface area (Å²) in [4.78, 5) is 12.6. The lowest BCUT2D eigenvalue weighted by molar-refractivity contribution is -0.388. The van der Waals surface area contributed by atoms with Crippen LogP contribution in [0.2, 0.25) is 0 Å². The van der Waals surface area contributed by atoms with Crippen molar-refractivity contribution in [2.75, 3.05) is 13.2 Å². The Morgan fingerprint density at radius 2 is 1.31 bits per heavy atom. The molecule has 4 aliphatic carbocycles. The lowest BCUT2D eigenvalue weighted by Crippen LogP contribution is -2.66. The number of aliphatic hydroxyl groups is 7. The molecule has 64 heavy (non-hydrogen) atoms. The average molecular weight is 913 g/mol. The Morgan fingerprint density at radius 3 is 1.92 bits per heavy atom. The minimum Gasteiger partial charge on any atom is -0.457 e. The van der Waals surface area contributed by atoms with E-state index < -0.39 is 115 Å². The topological polar surface area (TPSA) is 242 Å². The number of rotatable bonds is 7. The molecule has 0 aromatic rings. The van der Waals surface area contributed by atoms with Crippen LogP contribution in [0.4, 0.5) is 0 Å². The van der Waals surface area contributed by atoms with Crippen LogP contribution < -0.4 is 0 Å². The third kappa shape index (κ3) is 7.74. The molecule has 0 amide bonds. The number of fused-ring (bicyclic) bond motifs is 7. The second-order valence-corrected chi connectivity index (χ2v) is 22.4. The van der Waals surface area contributed by atoms with Gasteiger partial charge >= 0.3 is 5.97 Å². The van der Waals surface area contributed by atoms with Gasteiger partial charge in [-0.25, -0.2) is 0 Å². The molecule has 0 bridgehead atoms. The van der Waals surface area contributed by atoms with Crippen LogP contribution in [0.5, 0.6) is 0 Å². The fourth-order valence-electron chi connectivity index (χ4n) is 15.3. The van der Waals surface area contributed by atoms with Gasteiger partial charge in [0.25, 0.3) is 0 Å². The first-order valence-electron chi connectivity index (χ1n) is 24.3. The molecule has 5 aliphatic heterocycles. The molecule has 9 rings (SSSR count). The highest BCUT2D eigenvalue weighted by atomic mass is 16.8. The van der Waals surface area contributed by atoms with Crippen molar-refractivity contribution >= 4 is 5.97 Å². The molecule has 1 spiro atoms. The minimum atomic E-state index is -1.74. The van der Waals surface area contributed by atoms with Crippen LogP contribution in [0.3, 0.4) is 0 Å². The van der Waals surface area contributed by atoms with Crippen molar-refractivity contribution in [1.82, 2.24) is 0 Å². The highest BCUT2D eigenvalue weighted by molar-refractivity contribution is 5.66. The molecule has 0 aromatic carbocycles. The zero-order chi connectivity index (χ0) is 46.0. The number of aliphatic hydroxyl groups excluding tert-OH is 7. The summed E-state index contributed by atoms with van der Waals surface area (Å²) in [7, 11) is 0. The number of carbonyl (C=O) groups excluding carboxylic acids is 1. The van der Waals surface area contributed by atoms with E-state index in [-0.39, 0.29) is 35.4 Å². The maximum absolute atomic E-state index is 12.6. The zero-order valence-electron chi connectivity index (χ0n) is 38.8. The zero-order valence-corrected chi connectivity index (χ0v) is 38.8. The van der Waals surface area contributed by atoms with Crippen molar-refractivity contribution < 1.29 is 83.2 Å². The molecule has 27 atom stereocenters. The first-order chi connectivity index (χ1) is 30.1. The second-order valence-electron chi connectivity index (χ2n) is 22.4. The Morgan fingerprint density at radius 1 is 0.672 bits per heavy atom. The summed E-state index contributed by atoms with van der Waals surface area (Å²) < 4.78 is 57.8. The average Bonchev–Trinajstić information content (AvgIpc) is 3.61. The Balaban J connectivity index is 1.02. The van der Waals surface area contributed by atoms with Crippen LogP contribution in [0, 0.1) is 52.3 Å². The van der Waals surface area contributed by atoms with Crippen LogP contribution in [-0.4, -0.2) is 165 Å². The van der Waals surface area contributed by atoms with Gasteiger partial charge in [-0.1, -0.05) is 27.7 Å². The summed E-state index contributed by atoms with van der Waals surface area (Å²) in [6, 6.07) is 0. The highest BCUT2D eigenvalue weighted by Crippen LogP contribution is 2.74. The van der Waals surface area contributed by atoms with E-state index in [0.717, 1.165) is 51.6 Å². The number of ether oxygens (including phenoxy) is 9. The lowest BCUT2D eigenvalue weighted by atomic mass is 9.43. The van der Waals surface area contributed by atoms with Gasteiger partial charge in [0.05, 0.1) is 43.2 Å². The van der Waals surface area contributed by atoms with Crippen molar-refractivity contribution in [2.24, 2.45) is 52.3 Å². The first-order valence-corrected chi connectivity index (χ1v) is 24.3. The third-order valence-electron chi connectivity index (χ3n) is 18.5. The van der Waals surface area contributed by atoms with E-state index in [9.17, 15) is 40.5 Å². The first kappa shape index (κ1) is 47.9. The van der Waals surface area contributed by atoms with Crippen LogP contribution in [0.1, 0.15) is 113 Å². The van der Waals surface area contributed by atoms with Gasteiger partial charge in [0.1, 0.15) is 48.8 Å². The van der Waals surface area contributed by atoms with Gasteiger partial charge < -0.3 is 78.4 Å². The van der Waals surface area contributed by atoms with Crippen LogP contribution in [-0.2, 0) is 47.4 Å². The predicted octanol–water partition coefficient (Wildman–Crippen LogP) is 1.89. The van der Waals surface area contributed by atoms with E-state index in [4.69, 9.17) is 42.6 Å². The summed E-state index contributed by atoms with van der Waals surface area (Å²) >= 11 is 0. The van der Waals surface area contributed by atoms with Crippen LogP contribution in [0.25, 0.3) is 0 Å². The Hall–Kier alpha value is -1.13. The van der Waals surface area contributed by atoms with Gasteiger partial charge in [0, 0.05) is 31.6 Å². The Kier molecular flexibility index (Phi) is 13.0. The standard InChI is InChI=1S/C47H76O17/c1-20-11-14-47(57-18-20)21(2)40-44(6)13-12-28-27(29(44)17-45(40,7)64-47)10-9-25-15-26(49)16-31(46(25,28)8)61-43-39(63-42-37(55)35(53)33(51)23(4)59-42)38(30(19-56-43)60-24(5)48)62-41-36(54)34(52)32(50)22(3)58-41/h20-23,25-43,49-55H,9-19H2,1-8H3/t20-,21+,22+,23+,25+,26-,27-,28-,29-,30-,31-,32+,33-,34-,35-,36-,37-,38-,39-,40-,41+,42-,43+,44+,45+,46-,47-/m1/s1. The maximum Gasteiger partial charge on any atom is 0.303 e. The van der Waals surface area contributed by atoms with Gasteiger partial charge in [0.2, 0.25) is 0 Å². The molecule has 0 unspecified atom stereocenters. The van der Waals surface area contributed by atoms with Gasteiger partial charge in [-0.3, -0.25) is 4.79 Å². The SMILES string of the molecule is CC(=O)O[C@@H]1CO[C@@H](O[C@@H]2C[C@H](O)C[C@@H]3CC[C@H]4[C@H]5C[C@]6(C)O[C@]7(CC[C@@H](C)CO7)[C@@H](C)[C@@H]6[C@@]5(C)CC[C@H]4[C@@]32C)[C@H](O[C@H]2O[C@@H](C)[C@@H](O)[C@@H](O)[C@H]2O)[C@@H]1O[C@@H]1O[C@@H](C)[C@H](O)[C@@H](O)[C@H]1O. The molecule has 4 saturated carbocycles. The second kappa shape index (κ2) is 17.4. The summed E-state index contributed by atoms with van der Waals surface area (Å²) in [6.45, 7) is 16.4. The molecular formula is C47H76O17. The third-order valence-corrected chi connectivity index (χ3v) is 18.5. The number of hydrogen-bond acceptors (Lipinski definition) is 17. The molecular weight excluding hydrogens is 837 g/mol. The van der Waals surface area contributed by atoms with Crippen molar-refractivity contribution in [3.63, 3.8) is 0 Å². The molecule has 9 fully saturated rings. The van der Waals surface area contributed by atoms with Gasteiger partial charge in [0.15, 0.2) is 30.8 Å². The maximum atomic E-state index is 12.6. The normalized spacial score (nSPS) is 58.5. The van der Waals surface area contributed by atoms with Gasteiger partial charge in [-0.15, -0.1) is 0 Å². The van der Waals surface area contributed by atoms with E-state index >= 15 is 0 Å². The summed E-state index contributed by atoms with van der Waals surface area (Å²) in [5.41, 5.74) is -0.694. The molecule has 17 heteroatoms. The van der Waals surface area contributed by atoms with Crippen molar-refractivity contribution in [3.8, 4) is 0 Å². The summed E-state index contributed by atoms with van der Waals surface area (Å²) in [5, 5.41) is 76.5. The van der Waals surface area contributed by atoms with E-state index in [1.165, 1.54) is 20.8 Å². The van der Waals surface area contributed by atoms with Gasteiger partial charge in [-0.05, 0) is 106 Å². The monoisotopic (exact) mass is 913 g/mol. The molecule has 9 aliphatic rings. The molecule has 5 heterocycles. The van der Waals surface area contributed by atoms with Crippen molar-refractivity contribution in [1.29, 1.82) is 0 Å². The van der Waals surface area contributed by atoms with Crippen molar-refractivity contribution in [3.05, 3.63) is 0 Å². The Labute approximate surface area is 376 Å². The quantitative estimate of drug-likeness (QED) is 0.181. The molecule has 366 valence electrons. The molecule has 0 aromatic heterocycles. The van der Waals surface area contributed by atoms with Crippen LogP contribution in [0.15, 0.2) is 0 Å². The van der Waals surface area contributed by atoms with E-state index in [2.05, 4.69) is 34.6 Å². The lowest BCUT2D eigenvalue weighted by Gasteiger charge is -2.63. The van der Waals surface area contributed by atoms with Crippen molar-refractivity contribution in [2.45, 2.75) is 223 Å². The summed E-state index contributed by atoms with van der Waals surface area (Å²) in [6.07, 6.45) is -13.3. The fourth-order valence-corrected chi connectivity index (χ4v) is 15.3. The molecule has 17 nitrogen and oxygen atoms in total.